The first kappa shape index (κ1) is 13.2. The molecule has 0 aromatic carbocycles. The van der Waals surface area contributed by atoms with Gasteiger partial charge in [-0.1, -0.05) is 13.8 Å². The number of rotatable bonds is 5. The van der Waals surface area contributed by atoms with Crippen molar-refractivity contribution in [2.75, 3.05) is 19.6 Å². The molecule has 1 heterocycles. The Morgan fingerprint density at radius 2 is 2.12 bits per heavy atom. The summed E-state index contributed by atoms with van der Waals surface area (Å²) in [5.74, 6) is 0.355. The van der Waals surface area contributed by atoms with Crippen LogP contribution in [0.5, 0.6) is 0 Å². The van der Waals surface area contributed by atoms with E-state index in [1.165, 1.54) is 0 Å². The van der Waals surface area contributed by atoms with Crippen LogP contribution in [0.1, 0.15) is 33.6 Å². The Morgan fingerprint density at radius 1 is 1.44 bits per heavy atom. The van der Waals surface area contributed by atoms with E-state index in [2.05, 4.69) is 10.2 Å². The van der Waals surface area contributed by atoms with Crippen LogP contribution in [-0.2, 0) is 9.59 Å². The van der Waals surface area contributed by atoms with E-state index in [1.807, 2.05) is 13.8 Å². The summed E-state index contributed by atoms with van der Waals surface area (Å²) in [5.41, 5.74) is 0. The van der Waals surface area contributed by atoms with E-state index < -0.39 is 0 Å². The number of nitrogens with zero attached hydrogens (tertiary/aromatic N) is 1. The summed E-state index contributed by atoms with van der Waals surface area (Å²) in [6.07, 6.45) is 2.05. The maximum Gasteiger partial charge on any atom is 0.222 e. The fourth-order valence-electron chi connectivity index (χ4n) is 2.08. The SMILES string of the molecule is CC(=O)[C@@H]1CCCN1CCNC(=O)C(C)C. The fourth-order valence-corrected chi connectivity index (χ4v) is 2.08. The average molecular weight is 226 g/mol. The summed E-state index contributed by atoms with van der Waals surface area (Å²) < 4.78 is 0. The Morgan fingerprint density at radius 3 is 2.69 bits per heavy atom. The first-order chi connectivity index (χ1) is 7.52. The lowest BCUT2D eigenvalue weighted by atomic mass is 10.1. The maximum atomic E-state index is 11.3. The standard InChI is InChI=1S/C12H22N2O2/c1-9(2)12(16)13-6-8-14-7-4-5-11(14)10(3)15/h9,11H,4-8H2,1-3H3,(H,13,16)/t11-/m0/s1. The van der Waals surface area contributed by atoms with E-state index in [-0.39, 0.29) is 23.7 Å². The molecule has 0 aromatic rings. The van der Waals surface area contributed by atoms with Crippen LogP contribution in [-0.4, -0.2) is 42.3 Å². The lowest BCUT2D eigenvalue weighted by Gasteiger charge is -2.22. The van der Waals surface area contributed by atoms with Crippen molar-refractivity contribution >= 4 is 11.7 Å². The molecule has 92 valence electrons. The number of Topliss-reactive ketones (excluding diaryl/α,β-unsaturated/α-hetero) is 1. The highest BCUT2D eigenvalue weighted by atomic mass is 16.1. The zero-order valence-electron chi connectivity index (χ0n) is 10.5. The van der Waals surface area contributed by atoms with Gasteiger partial charge in [-0.25, -0.2) is 0 Å². The van der Waals surface area contributed by atoms with Crippen LogP contribution in [0.4, 0.5) is 0 Å². The summed E-state index contributed by atoms with van der Waals surface area (Å²) >= 11 is 0. The molecule has 0 bridgehead atoms. The molecule has 1 aliphatic heterocycles. The lowest BCUT2D eigenvalue weighted by Crippen LogP contribution is -2.41. The summed E-state index contributed by atoms with van der Waals surface area (Å²) in [6, 6.07) is 0.0796. The van der Waals surface area contributed by atoms with Gasteiger partial charge >= 0.3 is 0 Å². The van der Waals surface area contributed by atoms with Crippen LogP contribution in [0.3, 0.4) is 0 Å². The van der Waals surface area contributed by atoms with Gasteiger partial charge in [0.1, 0.15) is 5.78 Å². The lowest BCUT2D eigenvalue weighted by molar-refractivity contribution is -0.124. The third kappa shape index (κ3) is 3.59. The molecule has 16 heavy (non-hydrogen) atoms. The van der Waals surface area contributed by atoms with Crippen molar-refractivity contribution in [3.05, 3.63) is 0 Å². The molecule has 0 radical (unpaired) electrons. The molecule has 4 heteroatoms. The molecule has 0 saturated carbocycles. The zero-order valence-corrected chi connectivity index (χ0v) is 10.5. The maximum absolute atomic E-state index is 11.3. The topological polar surface area (TPSA) is 49.4 Å². The highest BCUT2D eigenvalue weighted by Gasteiger charge is 2.27. The highest BCUT2D eigenvalue weighted by molar-refractivity contribution is 5.81. The minimum atomic E-state index is 0.0298. The minimum Gasteiger partial charge on any atom is -0.355 e. The van der Waals surface area contributed by atoms with Crippen molar-refractivity contribution in [2.45, 2.75) is 39.7 Å². The largest absolute Gasteiger partial charge is 0.355 e. The van der Waals surface area contributed by atoms with Gasteiger partial charge in [0.15, 0.2) is 0 Å². The highest BCUT2D eigenvalue weighted by Crippen LogP contribution is 2.16. The first-order valence-corrected chi connectivity index (χ1v) is 6.04. The predicted molar refractivity (Wildman–Crippen MR) is 63.1 cm³/mol. The summed E-state index contributed by atoms with van der Waals surface area (Å²) in [5, 5.41) is 2.88. The second-order valence-electron chi connectivity index (χ2n) is 4.75. The van der Waals surface area contributed by atoms with Gasteiger partial charge in [-0.05, 0) is 26.3 Å². The zero-order chi connectivity index (χ0) is 12.1. The van der Waals surface area contributed by atoms with Crippen molar-refractivity contribution in [2.24, 2.45) is 5.92 Å². The number of ketones is 1. The molecule has 1 amide bonds. The second kappa shape index (κ2) is 5.99. The molecule has 0 aliphatic carbocycles. The molecular weight excluding hydrogens is 204 g/mol. The molecule has 0 unspecified atom stereocenters. The van der Waals surface area contributed by atoms with E-state index in [9.17, 15) is 9.59 Å². The average Bonchev–Trinajstić information content (AvgIpc) is 2.65. The van der Waals surface area contributed by atoms with Crippen molar-refractivity contribution in [3.63, 3.8) is 0 Å². The third-order valence-corrected chi connectivity index (χ3v) is 3.06. The predicted octanol–water partition coefficient (Wildman–Crippen LogP) is 0.812. The van der Waals surface area contributed by atoms with Gasteiger partial charge in [-0.2, -0.15) is 0 Å². The summed E-state index contributed by atoms with van der Waals surface area (Å²) in [4.78, 5) is 24.8. The molecule has 0 spiro atoms. The van der Waals surface area contributed by atoms with Gasteiger partial charge in [0.2, 0.25) is 5.91 Å². The second-order valence-corrected chi connectivity index (χ2v) is 4.75. The smallest absolute Gasteiger partial charge is 0.222 e. The van der Waals surface area contributed by atoms with Crippen LogP contribution in [0, 0.1) is 5.92 Å². The number of nitrogens with one attached hydrogen (secondary N) is 1. The Hall–Kier alpha value is -0.900. The monoisotopic (exact) mass is 226 g/mol. The van der Waals surface area contributed by atoms with Crippen LogP contribution in [0.15, 0.2) is 0 Å². The van der Waals surface area contributed by atoms with Gasteiger partial charge in [0.25, 0.3) is 0 Å². The molecule has 1 saturated heterocycles. The molecule has 1 fully saturated rings. The third-order valence-electron chi connectivity index (χ3n) is 3.06. The Labute approximate surface area is 97.4 Å². The van der Waals surface area contributed by atoms with Crippen molar-refractivity contribution in [1.29, 1.82) is 0 Å². The number of likely N-dealkylation sites (tertiary alicyclic amines) is 1. The molecule has 1 N–H and O–H groups in total. The van der Waals surface area contributed by atoms with Gasteiger partial charge in [0.05, 0.1) is 6.04 Å². The Bertz CT molecular complexity index is 264. The molecule has 1 rings (SSSR count). The van der Waals surface area contributed by atoms with E-state index >= 15 is 0 Å². The Balaban J connectivity index is 2.27. The molecule has 1 aliphatic rings. The number of carbonyl (C=O) groups is 2. The quantitative estimate of drug-likeness (QED) is 0.755. The van der Waals surface area contributed by atoms with Gasteiger partial charge in [-0.15, -0.1) is 0 Å². The molecule has 1 atom stereocenters. The van der Waals surface area contributed by atoms with E-state index in [0.29, 0.717) is 6.54 Å². The van der Waals surface area contributed by atoms with Gasteiger partial charge < -0.3 is 5.32 Å². The Kier molecular flexibility index (Phi) is 4.93. The van der Waals surface area contributed by atoms with Crippen LogP contribution >= 0.6 is 0 Å². The van der Waals surface area contributed by atoms with Gasteiger partial charge in [0, 0.05) is 19.0 Å². The number of carbonyl (C=O) groups excluding carboxylic acids is 2. The molecule has 4 nitrogen and oxygen atoms in total. The number of amides is 1. The molecule has 0 aromatic heterocycles. The van der Waals surface area contributed by atoms with Crippen molar-refractivity contribution in [1.82, 2.24) is 10.2 Å². The van der Waals surface area contributed by atoms with Crippen molar-refractivity contribution < 1.29 is 9.59 Å². The number of hydrogen-bond donors (Lipinski definition) is 1. The summed E-state index contributed by atoms with van der Waals surface area (Å²) in [7, 11) is 0. The van der Waals surface area contributed by atoms with Crippen LogP contribution in [0.2, 0.25) is 0 Å². The minimum absolute atomic E-state index is 0.0298. The van der Waals surface area contributed by atoms with E-state index in [1.54, 1.807) is 6.92 Å². The normalized spacial score (nSPS) is 21.4. The van der Waals surface area contributed by atoms with E-state index in [0.717, 1.165) is 25.9 Å². The van der Waals surface area contributed by atoms with Crippen LogP contribution < -0.4 is 5.32 Å². The van der Waals surface area contributed by atoms with E-state index in [4.69, 9.17) is 0 Å². The summed E-state index contributed by atoms with van der Waals surface area (Å²) in [6.45, 7) is 7.80. The van der Waals surface area contributed by atoms with Crippen molar-refractivity contribution in [3.8, 4) is 0 Å². The number of hydrogen-bond acceptors (Lipinski definition) is 3. The van der Waals surface area contributed by atoms with Crippen LogP contribution in [0.25, 0.3) is 0 Å². The molecular formula is C12H22N2O2. The van der Waals surface area contributed by atoms with Gasteiger partial charge in [-0.3, -0.25) is 14.5 Å². The first-order valence-electron chi connectivity index (χ1n) is 6.04. The fraction of sp³-hybridized carbons (Fsp3) is 0.833.